The molecular weight excluding hydrogens is 444 g/mol. The molecule has 0 radical (unpaired) electrons. The Morgan fingerprint density at radius 1 is 1.03 bits per heavy atom. The van der Waals surface area contributed by atoms with E-state index in [0.29, 0.717) is 5.95 Å². The molecule has 1 aromatic carbocycles. The number of aromatic nitrogens is 3. The van der Waals surface area contributed by atoms with Gasteiger partial charge < -0.3 is 15.5 Å². The number of nitrogens with one attached hydrogen (secondary N) is 2. The minimum atomic E-state index is 0.127. The number of piperazine rings is 1. The third-order valence-electron chi connectivity index (χ3n) is 6.28. The molecule has 2 aliphatic rings. The van der Waals surface area contributed by atoms with Gasteiger partial charge in [-0.2, -0.15) is 0 Å². The van der Waals surface area contributed by atoms with Crippen LogP contribution in [0.4, 0.5) is 11.6 Å². The summed E-state index contributed by atoms with van der Waals surface area (Å²) < 4.78 is 0. The van der Waals surface area contributed by atoms with Crippen molar-refractivity contribution in [1.82, 2.24) is 25.2 Å². The normalized spacial score (nSPS) is 14.9. The van der Waals surface area contributed by atoms with Gasteiger partial charge in [-0.25, -0.2) is 9.97 Å². The van der Waals surface area contributed by atoms with Gasteiger partial charge in [0.25, 0.3) is 5.91 Å². The van der Waals surface area contributed by atoms with Gasteiger partial charge in [0, 0.05) is 66.5 Å². The van der Waals surface area contributed by atoms with Crippen LogP contribution in [-0.4, -0.2) is 51.9 Å². The molecule has 0 saturated carbocycles. The lowest BCUT2D eigenvalue weighted by Crippen LogP contribution is -2.46. The zero-order chi connectivity index (χ0) is 22.9. The number of amides is 1. The minimum absolute atomic E-state index is 0.127. The zero-order valence-corrected chi connectivity index (χ0v) is 19.4. The molecule has 0 unspecified atom stereocenters. The van der Waals surface area contributed by atoms with Crippen LogP contribution >= 0.6 is 11.3 Å². The monoisotopic (exact) mass is 468 g/mol. The van der Waals surface area contributed by atoms with Crippen molar-refractivity contribution < 1.29 is 4.79 Å². The van der Waals surface area contributed by atoms with E-state index in [0.717, 1.165) is 77.5 Å². The number of thiophene rings is 1. The number of pyridine rings is 1. The summed E-state index contributed by atoms with van der Waals surface area (Å²) in [6.07, 6.45) is 7.35. The predicted molar refractivity (Wildman–Crippen MR) is 134 cm³/mol. The lowest BCUT2D eigenvalue weighted by atomic mass is 9.96. The average Bonchev–Trinajstić information content (AvgIpc) is 3.34. The summed E-state index contributed by atoms with van der Waals surface area (Å²) in [5, 5.41) is 6.66. The summed E-state index contributed by atoms with van der Waals surface area (Å²) in [4.78, 5) is 30.7. The maximum absolute atomic E-state index is 13.0. The maximum atomic E-state index is 13.0. The minimum Gasteiger partial charge on any atom is -0.335 e. The van der Waals surface area contributed by atoms with Gasteiger partial charge in [-0.15, -0.1) is 11.3 Å². The van der Waals surface area contributed by atoms with Crippen LogP contribution in [0.2, 0.25) is 0 Å². The molecule has 4 aromatic rings. The van der Waals surface area contributed by atoms with E-state index in [9.17, 15) is 4.79 Å². The van der Waals surface area contributed by atoms with Gasteiger partial charge in [0.05, 0.1) is 10.6 Å². The summed E-state index contributed by atoms with van der Waals surface area (Å²) in [5.41, 5.74) is 6.17. The molecule has 0 atom stereocenters. The van der Waals surface area contributed by atoms with Crippen molar-refractivity contribution in [2.24, 2.45) is 0 Å². The molecule has 1 saturated heterocycles. The van der Waals surface area contributed by atoms with Crippen molar-refractivity contribution >= 4 is 28.9 Å². The summed E-state index contributed by atoms with van der Waals surface area (Å²) in [6.45, 7) is 3.21. The quantitative estimate of drug-likeness (QED) is 0.468. The summed E-state index contributed by atoms with van der Waals surface area (Å²) in [6, 6.07) is 14.1. The fourth-order valence-corrected chi connectivity index (χ4v) is 5.64. The van der Waals surface area contributed by atoms with E-state index >= 15 is 0 Å². The Balaban J connectivity index is 1.28. The Hall–Kier alpha value is -3.62. The van der Waals surface area contributed by atoms with E-state index in [1.165, 1.54) is 4.88 Å². The molecular formula is C26H24N6OS. The average molecular weight is 469 g/mol. The van der Waals surface area contributed by atoms with Crippen LogP contribution in [0.1, 0.15) is 20.1 Å². The molecule has 0 bridgehead atoms. The van der Waals surface area contributed by atoms with Crippen molar-refractivity contribution in [3.63, 3.8) is 0 Å². The Kier molecular flexibility index (Phi) is 5.52. The number of benzene rings is 1. The predicted octanol–water partition coefficient (Wildman–Crippen LogP) is 4.15. The highest BCUT2D eigenvalue weighted by atomic mass is 32.1. The van der Waals surface area contributed by atoms with Crippen molar-refractivity contribution in [3.05, 3.63) is 76.4 Å². The molecule has 34 heavy (non-hydrogen) atoms. The first-order chi connectivity index (χ1) is 16.7. The van der Waals surface area contributed by atoms with E-state index in [-0.39, 0.29) is 5.91 Å². The number of anilines is 2. The summed E-state index contributed by atoms with van der Waals surface area (Å²) in [5.74, 6) is 0.679. The highest BCUT2D eigenvalue weighted by molar-refractivity contribution is 7.14. The summed E-state index contributed by atoms with van der Waals surface area (Å²) in [7, 11) is 0. The highest BCUT2D eigenvalue weighted by Gasteiger charge is 2.26. The number of carbonyl (C=O) groups is 1. The van der Waals surface area contributed by atoms with Gasteiger partial charge in [-0.1, -0.05) is 18.2 Å². The van der Waals surface area contributed by atoms with Crippen molar-refractivity contribution in [1.29, 1.82) is 0 Å². The Morgan fingerprint density at radius 2 is 1.91 bits per heavy atom. The van der Waals surface area contributed by atoms with Gasteiger partial charge in [0.2, 0.25) is 5.95 Å². The Bertz CT molecular complexity index is 1350. The van der Waals surface area contributed by atoms with Gasteiger partial charge in [0.1, 0.15) is 0 Å². The largest absolute Gasteiger partial charge is 0.335 e. The number of carbonyl (C=O) groups excluding carboxylic acids is 1. The lowest BCUT2D eigenvalue weighted by Gasteiger charge is -2.26. The second-order valence-electron chi connectivity index (χ2n) is 8.50. The highest BCUT2D eigenvalue weighted by Crippen LogP contribution is 2.38. The maximum Gasteiger partial charge on any atom is 0.264 e. The SMILES string of the molecule is O=C(c1cc2c(s1)CCc1cnc(Nc3cccc(-c4cccnc4)c3)nc1-2)N1CCNCC1. The number of aryl methyl sites for hydroxylation is 2. The molecule has 0 spiro atoms. The fourth-order valence-electron chi connectivity index (χ4n) is 4.51. The van der Waals surface area contributed by atoms with Gasteiger partial charge in [-0.05, 0) is 48.2 Å². The molecule has 2 N–H and O–H groups in total. The van der Waals surface area contributed by atoms with E-state index in [1.807, 2.05) is 47.6 Å². The lowest BCUT2D eigenvalue weighted by molar-refractivity contribution is 0.0740. The van der Waals surface area contributed by atoms with Crippen LogP contribution in [0, 0.1) is 0 Å². The van der Waals surface area contributed by atoms with Crippen LogP contribution in [-0.2, 0) is 12.8 Å². The second-order valence-corrected chi connectivity index (χ2v) is 9.64. The van der Waals surface area contributed by atoms with Crippen LogP contribution in [0.5, 0.6) is 0 Å². The first kappa shape index (κ1) is 20.9. The second kappa shape index (κ2) is 8.96. The molecule has 4 heterocycles. The molecule has 7 nitrogen and oxygen atoms in total. The molecule has 1 aliphatic heterocycles. The number of nitrogens with zero attached hydrogens (tertiary/aromatic N) is 4. The van der Waals surface area contributed by atoms with Crippen LogP contribution in [0.3, 0.4) is 0 Å². The van der Waals surface area contributed by atoms with Crippen molar-refractivity contribution in [3.8, 4) is 22.4 Å². The molecule has 3 aromatic heterocycles. The van der Waals surface area contributed by atoms with E-state index in [1.54, 1.807) is 17.5 Å². The van der Waals surface area contributed by atoms with Crippen LogP contribution in [0.25, 0.3) is 22.4 Å². The Labute approximate surface area is 201 Å². The fraction of sp³-hybridized carbons (Fsp3) is 0.231. The standard InChI is InChI=1S/C26H24N6OS/c33-25(32-11-9-27-10-12-32)23-14-21-22(34-23)7-6-19-16-29-26(31-24(19)21)30-20-5-1-3-17(13-20)18-4-2-8-28-15-18/h1-5,8,13-16,27H,6-7,9-12H2,(H,29,30,31). The number of rotatable bonds is 4. The van der Waals surface area contributed by atoms with Gasteiger partial charge in [-0.3, -0.25) is 9.78 Å². The van der Waals surface area contributed by atoms with Crippen molar-refractivity contribution in [2.45, 2.75) is 12.8 Å². The van der Waals surface area contributed by atoms with E-state index < -0.39 is 0 Å². The first-order valence-corrected chi connectivity index (χ1v) is 12.3. The molecule has 1 fully saturated rings. The van der Waals surface area contributed by atoms with Crippen LogP contribution in [0.15, 0.2) is 61.1 Å². The van der Waals surface area contributed by atoms with E-state index in [2.05, 4.69) is 32.7 Å². The molecule has 6 rings (SSSR count). The van der Waals surface area contributed by atoms with Crippen molar-refractivity contribution in [2.75, 3.05) is 31.5 Å². The van der Waals surface area contributed by atoms with Crippen LogP contribution < -0.4 is 10.6 Å². The third kappa shape index (κ3) is 4.06. The molecule has 8 heteroatoms. The number of hydrogen-bond acceptors (Lipinski definition) is 7. The number of hydrogen-bond donors (Lipinski definition) is 2. The first-order valence-electron chi connectivity index (χ1n) is 11.5. The third-order valence-corrected chi connectivity index (χ3v) is 7.46. The molecule has 1 aliphatic carbocycles. The molecule has 1 amide bonds. The smallest absolute Gasteiger partial charge is 0.264 e. The van der Waals surface area contributed by atoms with E-state index in [4.69, 9.17) is 4.98 Å². The topological polar surface area (TPSA) is 83.0 Å². The Morgan fingerprint density at radius 3 is 2.76 bits per heavy atom. The zero-order valence-electron chi connectivity index (χ0n) is 18.6. The number of fused-ring (bicyclic) bond motifs is 3. The molecule has 170 valence electrons. The van der Waals surface area contributed by atoms with Gasteiger partial charge >= 0.3 is 0 Å². The summed E-state index contributed by atoms with van der Waals surface area (Å²) >= 11 is 1.61. The van der Waals surface area contributed by atoms with Gasteiger partial charge in [0.15, 0.2) is 0 Å².